The van der Waals surface area contributed by atoms with Gasteiger partial charge in [0, 0.05) is 54.3 Å². The van der Waals surface area contributed by atoms with Crippen molar-refractivity contribution in [3.05, 3.63) is 344 Å². The number of nitrogens with two attached hydrogens (primary N) is 3. The van der Waals surface area contributed by atoms with Crippen molar-refractivity contribution in [1.82, 2.24) is 0 Å². The number of non-ortho nitro benzene ring substituents is 1. The number of nitrogen functional groups attached to an aromatic ring is 3. The van der Waals surface area contributed by atoms with E-state index in [1.165, 1.54) is 22.3 Å². The van der Waals surface area contributed by atoms with Gasteiger partial charge in [0.25, 0.3) is 5.69 Å². The summed E-state index contributed by atoms with van der Waals surface area (Å²) in [7, 11) is 0. The molecule has 75 heavy (non-hydrogen) atoms. The molecule has 0 saturated heterocycles. The first-order valence-corrected chi connectivity index (χ1v) is 27.9. The first kappa shape index (κ1) is 55.9. The minimum Gasteiger partial charge on any atom is -0.399 e. The Kier molecular flexibility index (Phi) is 20.6. The van der Waals surface area contributed by atoms with Crippen LogP contribution in [0.5, 0.6) is 0 Å². The Hall–Kier alpha value is -6.81. The topological polar surface area (TPSA) is 121 Å². The Morgan fingerprint density at radius 1 is 0.333 bits per heavy atom. The van der Waals surface area contributed by atoms with Gasteiger partial charge in [0.1, 0.15) is -0.0619 Å². The zero-order valence-electron chi connectivity index (χ0n) is 40.4. The monoisotopic (exact) mass is 1320 g/mol. The van der Waals surface area contributed by atoms with Gasteiger partial charge < -0.3 is 17.2 Å². The van der Waals surface area contributed by atoms with Gasteiger partial charge in [-0.25, -0.2) is 0 Å². The van der Waals surface area contributed by atoms with Gasteiger partial charge in [0.15, 0.2) is 0 Å². The summed E-state index contributed by atoms with van der Waals surface area (Å²) in [6.07, 6.45) is 0. The smallest absolute Gasteiger partial charge is 0.270 e. The second-order valence-corrected chi connectivity index (χ2v) is 28.6. The first-order chi connectivity index (χ1) is 36.1. The number of hydrogen-bond donors (Lipinski definition) is 3. The van der Waals surface area contributed by atoms with E-state index in [1.54, 1.807) is 12.1 Å². The standard InChI is InChI=1S/C32H26N2O2.C32H28N2.CHI3.CH4.H2/c33-32-28(30(23-13-5-1-6-14-23)24-15-7-2-8-16-24)21-27(34(35)36)22-29(32)31(25-17-9-3-10-18-25)26-19-11-4-12-20-26;33-27-21-28(30(23-13-5-1-6-14-23)24-15-7-2-8-16-24)32(34)29(22-27)31(25-17-9-3-10-18-25)26-19-11-4-12-20-26;2-1(3)4;;/h1-22,30-31H,33H2;1-22,30-31H,33-34H2;1H;1H4;1H. The van der Waals surface area contributed by atoms with Crippen LogP contribution in [0.15, 0.2) is 267 Å². The van der Waals surface area contributed by atoms with Crippen LogP contribution >= 0.6 is 67.8 Å². The average Bonchev–Trinajstić information content (AvgIpc) is 3.43. The van der Waals surface area contributed by atoms with E-state index >= 15 is 0 Å². The van der Waals surface area contributed by atoms with Crippen LogP contribution in [0.25, 0.3) is 0 Å². The normalized spacial score (nSPS) is 10.8. The highest BCUT2D eigenvalue weighted by Crippen LogP contribution is 2.45. The lowest BCUT2D eigenvalue weighted by atomic mass is 9.79. The van der Waals surface area contributed by atoms with Crippen molar-refractivity contribution in [2.45, 2.75) is 31.0 Å². The number of benzene rings is 10. The molecule has 9 heteroatoms. The fourth-order valence-corrected chi connectivity index (χ4v) is 9.84. The summed E-state index contributed by atoms with van der Waals surface area (Å²) in [5, 5.41) is 12.2. The van der Waals surface area contributed by atoms with Crippen LogP contribution in [0, 0.1) is 10.1 Å². The third-order valence-electron chi connectivity index (χ3n) is 13.0. The van der Waals surface area contributed by atoms with Crippen molar-refractivity contribution in [2.75, 3.05) is 17.2 Å². The highest BCUT2D eigenvalue weighted by atomic mass is 127. The number of rotatable bonds is 13. The zero-order chi connectivity index (χ0) is 51.8. The number of nitrogens with zero attached hydrogens (tertiary/aromatic N) is 1. The van der Waals surface area contributed by atoms with E-state index in [0.29, 0.717) is 11.4 Å². The second-order valence-electron chi connectivity index (χ2n) is 17.7. The first-order valence-electron chi connectivity index (χ1n) is 24.2. The predicted octanol–water partition coefficient (Wildman–Crippen LogP) is 18.2. The molecule has 0 fully saturated rings. The molecule has 0 saturated carbocycles. The molecule has 0 atom stereocenters. The van der Waals surface area contributed by atoms with Crippen molar-refractivity contribution in [3.63, 3.8) is 0 Å². The molecule has 0 aromatic heterocycles. The van der Waals surface area contributed by atoms with Crippen LogP contribution in [0.4, 0.5) is 22.7 Å². The Morgan fingerprint density at radius 2 is 0.493 bits per heavy atom. The quantitative estimate of drug-likeness (QED) is 0.0265. The maximum Gasteiger partial charge on any atom is 0.270 e. The highest BCUT2D eigenvalue weighted by molar-refractivity contribution is 14.3. The Balaban J connectivity index is 0.000000225. The molecule has 0 radical (unpaired) electrons. The number of anilines is 3. The Morgan fingerprint density at radius 3 is 0.653 bits per heavy atom. The Bertz CT molecular complexity index is 2960. The summed E-state index contributed by atoms with van der Waals surface area (Å²) >= 11 is 6.95. The molecule has 0 aliphatic heterocycles. The lowest BCUT2D eigenvalue weighted by Gasteiger charge is -2.26. The van der Waals surface area contributed by atoms with Gasteiger partial charge in [-0.1, -0.05) is 318 Å². The SMILES string of the molecule is C.IC(I)I.Nc1c(C(c2ccccc2)c2ccccc2)cc([N+](=O)[O-])cc1C(c1ccccc1)c1ccccc1.Nc1cc(C(c2ccccc2)c2ccccc2)c(N)c(C(c2ccccc2)c2ccccc2)c1.[HH]. The van der Waals surface area contributed by atoms with Gasteiger partial charge in [-0.15, -0.1) is 0 Å². The van der Waals surface area contributed by atoms with E-state index in [1.807, 2.05) is 158 Å². The van der Waals surface area contributed by atoms with Gasteiger partial charge >= 0.3 is 0 Å². The van der Waals surface area contributed by atoms with Crippen LogP contribution < -0.4 is 17.2 Å². The molecule has 0 spiro atoms. The molecule has 6 nitrogen and oxygen atoms in total. The molecule has 6 N–H and O–H groups in total. The largest absolute Gasteiger partial charge is 0.399 e. The fraction of sp³-hybridized carbons (Fsp3) is 0.0909. The molecular formula is C66H61I3N4O2. The molecule has 0 bridgehead atoms. The number of alkyl halides is 3. The van der Waals surface area contributed by atoms with Crippen molar-refractivity contribution in [2.24, 2.45) is 0 Å². The number of nitro groups is 1. The summed E-state index contributed by atoms with van der Waals surface area (Å²) < 4.78 is 0.743. The molecule has 10 aromatic carbocycles. The molecule has 10 aromatic rings. The number of nitro benzene ring substituents is 1. The van der Waals surface area contributed by atoms with E-state index in [0.717, 1.165) is 50.1 Å². The maximum atomic E-state index is 12.2. The lowest BCUT2D eigenvalue weighted by Crippen LogP contribution is -2.13. The van der Waals surface area contributed by atoms with Crippen LogP contribution in [-0.4, -0.2) is 4.86 Å². The Labute approximate surface area is 484 Å². The number of hydrogen-bond acceptors (Lipinski definition) is 5. The summed E-state index contributed by atoms with van der Waals surface area (Å²) in [5.41, 5.74) is 35.1. The van der Waals surface area contributed by atoms with Crippen molar-refractivity contribution in [3.8, 4) is 0 Å². The third-order valence-corrected chi connectivity index (χ3v) is 13.0. The van der Waals surface area contributed by atoms with Gasteiger partial charge in [-0.05, 0) is 78.9 Å². The van der Waals surface area contributed by atoms with Crippen LogP contribution in [0.3, 0.4) is 0 Å². The minimum atomic E-state index is -0.327. The molecular weight excluding hydrogens is 1260 g/mol. The molecule has 0 aliphatic rings. The highest BCUT2D eigenvalue weighted by Gasteiger charge is 2.29. The predicted molar refractivity (Wildman–Crippen MR) is 343 cm³/mol. The van der Waals surface area contributed by atoms with Crippen molar-refractivity contribution >= 4 is 90.5 Å². The minimum absolute atomic E-state index is 0. The van der Waals surface area contributed by atoms with Gasteiger partial charge in [-0.2, -0.15) is 0 Å². The van der Waals surface area contributed by atoms with Crippen LogP contribution in [0.1, 0.15) is 99.3 Å². The van der Waals surface area contributed by atoms with Gasteiger partial charge in [0.2, 0.25) is 0 Å². The third kappa shape index (κ3) is 14.3. The van der Waals surface area contributed by atoms with E-state index in [9.17, 15) is 10.1 Å². The second kappa shape index (κ2) is 27.6. The lowest BCUT2D eigenvalue weighted by molar-refractivity contribution is -0.385. The van der Waals surface area contributed by atoms with Crippen LogP contribution in [-0.2, 0) is 0 Å². The summed E-state index contributed by atoms with van der Waals surface area (Å²) in [6, 6.07) is 89.5. The van der Waals surface area contributed by atoms with Gasteiger partial charge in [0.05, 0.1) is 4.92 Å². The molecule has 10 rings (SSSR count). The summed E-state index contributed by atoms with van der Waals surface area (Å²) in [6.45, 7) is 0. The van der Waals surface area contributed by atoms with Crippen molar-refractivity contribution < 1.29 is 6.35 Å². The van der Waals surface area contributed by atoms with E-state index in [4.69, 9.17) is 17.2 Å². The summed E-state index contributed by atoms with van der Waals surface area (Å²) in [5.74, 6) is -0.537. The molecule has 0 heterocycles. The average molecular weight is 1320 g/mol. The van der Waals surface area contributed by atoms with Gasteiger partial charge in [-0.3, -0.25) is 10.1 Å². The van der Waals surface area contributed by atoms with E-state index < -0.39 is 0 Å². The molecule has 0 unspecified atom stereocenters. The van der Waals surface area contributed by atoms with Crippen LogP contribution in [0.2, 0.25) is 0 Å². The van der Waals surface area contributed by atoms with Crippen molar-refractivity contribution in [1.29, 1.82) is 0 Å². The molecule has 0 amide bonds. The zero-order valence-corrected chi connectivity index (χ0v) is 46.9. The number of halogens is 3. The summed E-state index contributed by atoms with van der Waals surface area (Å²) in [4.78, 5) is 11.8. The fourth-order valence-electron chi connectivity index (χ4n) is 9.84. The van der Waals surface area contributed by atoms with E-state index in [2.05, 4.69) is 165 Å². The van der Waals surface area contributed by atoms with E-state index in [-0.39, 0.29) is 43.1 Å². The molecule has 378 valence electrons. The molecule has 0 aliphatic carbocycles. The maximum absolute atomic E-state index is 12.2.